The molecule has 0 bridgehead atoms. The van der Waals surface area contributed by atoms with Crippen LogP contribution >= 0.6 is 11.8 Å². The summed E-state index contributed by atoms with van der Waals surface area (Å²) in [5.74, 6) is 0. The minimum absolute atomic E-state index is 0.250. The first-order valence-corrected chi connectivity index (χ1v) is 3.59. The van der Waals surface area contributed by atoms with Crippen LogP contribution in [-0.2, 0) is 0 Å². The lowest BCUT2D eigenvalue weighted by molar-refractivity contribution is 0.611. The molecule has 0 heterocycles. The average Bonchev–Trinajstić information content (AvgIpc) is 1.68. The van der Waals surface area contributed by atoms with E-state index in [1.807, 2.05) is 18.8 Å². The Bertz CT molecular complexity index is 46.0. The van der Waals surface area contributed by atoms with Gasteiger partial charge in [-0.05, 0) is 27.2 Å². The summed E-state index contributed by atoms with van der Waals surface area (Å²) in [6.07, 6.45) is 2.09. The molecule has 0 aliphatic heterocycles. The van der Waals surface area contributed by atoms with Crippen molar-refractivity contribution in [3.63, 3.8) is 0 Å². The highest BCUT2D eigenvalue weighted by Crippen LogP contribution is 2.15. The summed E-state index contributed by atoms with van der Waals surface area (Å²) in [7, 11) is 1.97. The Balaban J connectivity index is 3.36. The van der Waals surface area contributed by atoms with E-state index in [9.17, 15) is 0 Å². The standard InChI is InChI=1S/C5H13NS/c1-5(2,6-3)7-4/h6H,1-4H3. The van der Waals surface area contributed by atoms with Crippen LogP contribution in [0.2, 0.25) is 0 Å². The normalized spacial score (nSPS) is 12.0. The van der Waals surface area contributed by atoms with Gasteiger partial charge in [0.05, 0.1) is 4.87 Å². The summed E-state index contributed by atoms with van der Waals surface area (Å²) in [4.78, 5) is 0.250. The number of hydrogen-bond donors (Lipinski definition) is 1. The maximum atomic E-state index is 3.15. The fraction of sp³-hybridized carbons (Fsp3) is 1.00. The van der Waals surface area contributed by atoms with Gasteiger partial charge in [-0.15, -0.1) is 11.8 Å². The number of nitrogens with one attached hydrogen (secondary N) is 1. The van der Waals surface area contributed by atoms with Crippen molar-refractivity contribution in [3.05, 3.63) is 0 Å². The maximum Gasteiger partial charge on any atom is 0.0582 e. The van der Waals surface area contributed by atoms with Crippen LogP contribution in [0.15, 0.2) is 0 Å². The van der Waals surface area contributed by atoms with Gasteiger partial charge in [-0.25, -0.2) is 0 Å². The average molecular weight is 119 g/mol. The molecule has 0 unspecified atom stereocenters. The highest BCUT2D eigenvalue weighted by molar-refractivity contribution is 7.99. The van der Waals surface area contributed by atoms with E-state index in [4.69, 9.17) is 0 Å². The van der Waals surface area contributed by atoms with E-state index in [1.54, 1.807) is 0 Å². The second kappa shape index (κ2) is 2.58. The number of thioether (sulfide) groups is 1. The number of rotatable bonds is 2. The smallest absolute Gasteiger partial charge is 0.0582 e. The van der Waals surface area contributed by atoms with E-state index in [0.717, 1.165) is 0 Å². The molecule has 0 aromatic heterocycles. The Morgan fingerprint density at radius 3 is 1.86 bits per heavy atom. The van der Waals surface area contributed by atoms with Gasteiger partial charge < -0.3 is 5.32 Å². The van der Waals surface area contributed by atoms with E-state index in [-0.39, 0.29) is 4.87 Å². The zero-order chi connectivity index (χ0) is 5.91. The van der Waals surface area contributed by atoms with Gasteiger partial charge in [-0.2, -0.15) is 0 Å². The maximum absolute atomic E-state index is 3.15. The molecule has 0 radical (unpaired) electrons. The molecular weight excluding hydrogens is 106 g/mol. The molecule has 2 heteroatoms. The quantitative estimate of drug-likeness (QED) is 0.550. The molecule has 0 fully saturated rings. The lowest BCUT2D eigenvalue weighted by Gasteiger charge is -2.19. The van der Waals surface area contributed by atoms with Crippen molar-refractivity contribution in [1.82, 2.24) is 5.32 Å². The van der Waals surface area contributed by atoms with Crippen LogP contribution in [0, 0.1) is 0 Å². The van der Waals surface area contributed by atoms with Gasteiger partial charge in [-0.3, -0.25) is 0 Å². The van der Waals surface area contributed by atoms with Crippen LogP contribution < -0.4 is 5.32 Å². The highest BCUT2D eigenvalue weighted by atomic mass is 32.2. The SMILES string of the molecule is CNC(C)(C)SC. The minimum atomic E-state index is 0.250. The van der Waals surface area contributed by atoms with Crippen LogP contribution in [0.3, 0.4) is 0 Å². The Kier molecular flexibility index (Phi) is 2.69. The van der Waals surface area contributed by atoms with Crippen LogP contribution in [0.1, 0.15) is 13.8 Å². The Morgan fingerprint density at radius 1 is 1.43 bits per heavy atom. The summed E-state index contributed by atoms with van der Waals surface area (Å²) in [6.45, 7) is 4.30. The van der Waals surface area contributed by atoms with Crippen molar-refractivity contribution in [2.75, 3.05) is 13.3 Å². The minimum Gasteiger partial charge on any atom is -0.306 e. The van der Waals surface area contributed by atoms with Crippen LogP contribution in [0.4, 0.5) is 0 Å². The van der Waals surface area contributed by atoms with Gasteiger partial charge in [0, 0.05) is 0 Å². The Hall–Kier alpha value is 0.310. The second-order valence-electron chi connectivity index (χ2n) is 1.96. The predicted octanol–water partition coefficient (Wildman–Crippen LogP) is 1.30. The molecule has 1 N–H and O–H groups in total. The summed E-state index contributed by atoms with van der Waals surface area (Å²) in [6, 6.07) is 0. The molecule has 0 aliphatic carbocycles. The fourth-order valence-electron chi connectivity index (χ4n) is 0.102. The van der Waals surface area contributed by atoms with Crippen LogP contribution in [0.5, 0.6) is 0 Å². The van der Waals surface area contributed by atoms with E-state index in [0.29, 0.717) is 0 Å². The lowest BCUT2D eigenvalue weighted by atomic mass is 10.4. The van der Waals surface area contributed by atoms with Gasteiger partial charge in [0.15, 0.2) is 0 Å². The van der Waals surface area contributed by atoms with E-state index in [2.05, 4.69) is 25.4 Å². The van der Waals surface area contributed by atoms with Gasteiger partial charge >= 0.3 is 0 Å². The molecule has 0 aliphatic rings. The summed E-state index contributed by atoms with van der Waals surface area (Å²) < 4.78 is 0. The van der Waals surface area contributed by atoms with Crippen molar-refractivity contribution in [1.29, 1.82) is 0 Å². The zero-order valence-corrected chi connectivity index (χ0v) is 6.22. The molecule has 0 amide bonds. The third kappa shape index (κ3) is 2.94. The molecule has 44 valence electrons. The van der Waals surface area contributed by atoms with Crippen molar-refractivity contribution in [2.24, 2.45) is 0 Å². The zero-order valence-electron chi connectivity index (χ0n) is 5.41. The molecule has 0 aromatic carbocycles. The fourth-order valence-corrected chi connectivity index (χ4v) is 0.306. The van der Waals surface area contributed by atoms with Crippen LogP contribution in [0.25, 0.3) is 0 Å². The summed E-state index contributed by atoms with van der Waals surface area (Å²) in [5.41, 5.74) is 0. The molecule has 0 saturated heterocycles. The molecule has 0 rings (SSSR count). The van der Waals surface area contributed by atoms with Crippen molar-refractivity contribution in [2.45, 2.75) is 18.7 Å². The third-order valence-corrected chi connectivity index (χ3v) is 2.34. The highest BCUT2D eigenvalue weighted by Gasteiger charge is 2.09. The van der Waals surface area contributed by atoms with Crippen molar-refractivity contribution in [3.8, 4) is 0 Å². The van der Waals surface area contributed by atoms with E-state index < -0.39 is 0 Å². The molecule has 7 heavy (non-hydrogen) atoms. The van der Waals surface area contributed by atoms with Crippen molar-refractivity contribution >= 4 is 11.8 Å². The molecule has 0 atom stereocenters. The first kappa shape index (κ1) is 7.31. The first-order chi connectivity index (χ1) is 3.12. The first-order valence-electron chi connectivity index (χ1n) is 2.36. The predicted molar refractivity (Wildman–Crippen MR) is 36.7 cm³/mol. The largest absolute Gasteiger partial charge is 0.306 e. The van der Waals surface area contributed by atoms with Gasteiger partial charge in [0.25, 0.3) is 0 Å². The molecule has 0 spiro atoms. The Labute approximate surface area is 49.9 Å². The van der Waals surface area contributed by atoms with Gasteiger partial charge in [0.1, 0.15) is 0 Å². The van der Waals surface area contributed by atoms with Gasteiger partial charge in [-0.1, -0.05) is 0 Å². The van der Waals surface area contributed by atoms with Gasteiger partial charge in [0.2, 0.25) is 0 Å². The van der Waals surface area contributed by atoms with Crippen LogP contribution in [-0.4, -0.2) is 18.2 Å². The third-order valence-electron chi connectivity index (χ3n) is 1.11. The molecule has 1 nitrogen and oxygen atoms in total. The monoisotopic (exact) mass is 119 g/mol. The molecule has 0 saturated carbocycles. The summed E-state index contributed by atoms with van der Waals surface area (Å²) >= 11 is 1.82. The Morgan fingerprint density at radius 2 is 1.86 bits per heavy atom. The topological polar surface area (TPSA) is 12.0 Å². The molecule has 0 aromatic rings. The van der Waals surface area contributed by atoms with Crippen molar-refractivity contribution < 1.29 is 0 Å². The van der Waals surface area contributed by atoms with E-state index in [1.165, 1.54) is 0 Å². The lowest BCUT2D eigenvalue weighted by Crippen LogP contribution is -2.31. The number of hydrogen-bond acceptors (Lipinski definition) is 2. The molecular formula is C5H13NS. The van der Waals surface area contributed by atoms with E-state index >= 15 is 0 Å². The second-order valence-corrected chi connectivity index (χ2v) is 3.39. The summed E-state index contributed by atoms with van der Waals surface area (Å²) in [5, 5.41) is 3.15.